The first kappa shape index (κ1) is 27.6. The van der Waals surface area contributed by atoms with Crippen molar-refractivity contribution in [3.63, 3.8) is 0 Å². The van der Waals surface area contributed by atoms with E-state index in [4.69, 9.17) is 14.8 Å². The number of benzene rings is 1. The van der Waals surface area contributed by atoms with Gasteiger partial charge in [-0.05, 0) is 64.5 Å². The predicted molar refractivity (Wildman–Crippen MR) is 150 cm³/mol. The van der Waals surface area contributed by atoms with E-state index in [0.717, 1.165) is 35.6 Å². The Morgan fingerprint density at radius 1 is 1.15 bits per heavy atom. The zero-order chi connectivity index (χ0) is 27.6. The number of aliphatic hydroxyl groups is 1. The van der Waals surface area contributed by atoms with E-state index in [0.29, 0.717) is 41.2 Å². The summed E-state index contributed by atoms with van der Waals surface area (Å²) in [6.07, 6.45) is 9.56. The highest BCUT2D eigenvalue weighted by Crippen LogP contribution is 2.43. The lowest BCUT2D eigenvalue weighted by atomic mass is 9.86. The summed E-state index contributed by atoms with van der Waals surface area (Å²) in [5.74, 6) is 0.280. The highest BCUT2D eigenvalue weighted by Gasteiger charge is 2.39. The van der Waals surface area contributed by atoms with Gasteiger partial charge in [0, 0.05) is 35.6 Å². The van der Waals surface area contributed by atoms with Crippen molar-refractivity contribution in [1.82, 2.24) is 20.1 Å². The number of thiazole rings is 1. The fourth-order valence-electron chi connectivity index (χ4n) is 4.92. The Bertz CT molecular complexity index is 1410. The van der Waals surface area contributed by atoms with Crippen LogP contribution >= 0.6 is 11.3 Å². The number of amides is 1. The van der Waals surface area contributed by atoms with E-state index < -0.39 is 9.84 Å². The second-order valence-electron chi connectivity index (χ2n) is 10.5. The lowest BCUT2D eigenvalue weighted by Crippen LogP contribution is -2.38. The number of anilines is 2. The molecule has 2 saturated carbocycles. The van der Waals surface area contributed by atoms with Gasteiger partial charge in [0.1, 0.15) is 0 Å². The van der Waals surface area contributed by atoms with Crippen LogP contribution in [0.3, 0.4) is 0 Å². The largest absolute Gasteiger partial charge is 0.447 e. The lowest BCUT2D eigenvalue weighted by molar-refractivity contribution is 0.109. The molecule has 0 radical (unpaired) electrons. The van der Waals surface area contributed by atoms with Crippen LogP contribution in [0.2, 0.25) is 0 Å². The number of aromatic nitrogens is 3. The number of hydrogen-bond donors (Lipinski definition) is 3. The van der Waals surface area contributed by atoms with Gasteiger partial charge in [0.25, 0.3) is 0 Å². The maximum atomic E-state index is 13.4. The van der Waals surface area contributed by atoms with Crippen LogP contribution in [0, 0.1) is 0 Å². The van der Waals surface area contributed by atoms with Crippen LogP contribution in [0.1, 0.15) is 63.3 Å². The zero-order valence-corrected chi connectivity index (χ0v) is 23.8. The maximum absolute atomic E-state index is 13.4. The lowest BCUT2D eigenvalue weighted by Gasteiger charge is -2.28. The summed E-state index contributed by atoms with van der Waals surface area (Å²) in [4.78, 5) is 17.8. The molecule has 12 heteroatoms. The van der Waals surface area contributed by atoms with Crippen LogP contribution in [0.15, 0.2) is 41.7 Å². The molecule has 1 amide bonds. The van der Waals surface area contributed by atoms with E-state index in [9.17, 15) is 13.2 Å². The molecule has 2 heterocycles. The first-order valence-corrected chi connectivity index (χ1v) is 15.8. The summed E-state index contributed by atoms with van der Waals surface area (Å²) in [6.45, 7) is 4.04. The highest BCUT2D eigenvalue weighted by molar-refractivity contribution is 7.92. The number of carbonyl (C=O) groups is 1. The Morgan fingerprint density at radius 2 is 1.92 bits per heavy atom. The Balaban J connectivity index is 1.32. The van der Waals surface area contributed by atoms with Crippen molar-refractivity contribution in [1.29, 1.82) is 0 Å². The van der Waals surface area contributed by atoms with Crippen LogP contribution in [-0.2, 0) is 21.1 Å². The number of nitrogens with one attached hydrogen (secondary N) is 2. The van der Waals surface area contributed by atoms with Crippen LogP contribution in [0.25, 0.3) is 10.4 Å². The van der Waals surface area contributed by atoms with E-state index in [-0.39, 0.29) is 36.0 Å². The van der Waals surface area contributed by atoms with Crippen LogP contribution < -0.4 is 10.6 Å². The number of sulfone groups is 1. The quantitative estimate of drug-likeness (QED) is 0.314. The van der Waals surface area contributed by atoms with Crippen molar-refractivity contribution in [2.75, 3.05) is 11.9 Å². The Labute approximate surface area is 232 Å². The van der Waals surface area contributed by atoms with Gasteiger partial charge in [-0.2, -0.15) is 5.10 Å². The van der Waals surface area contributed by atoms with Gasteiger partial charge in [-0.15, -0.1) is 11.3 Å². The molecule has 0 saturated heterocycles. The van der Waals surface area contributed by atoms with Crippen molar-refractivity contribution < 1.29 is 23.1 Å². The number of ether oxygens (including phenoxy) is 1. The summed E-state index contributed by atoms with van der Waals surface area (Å²) in [5.41, 5.74) is 2.06. The minimum absolute atomic E-state index is 0.0122. The van der Waals surface area contributed by atoms with Crippen molar-refractivity contribution in [2.24, 2.45) is 0 Å². The fourth-order valence-corrected chi connectivity index (χ4v) is 8.00. The summed E-state index contributed by atoms with van der Waals surface area (Å²) in [7, 11) is -3.47. The zero-order valence-electron chi connectivity index (χ0n) is 22.2. The van der Waals surface area contributed by atoms with E-state index >= 15 is 0 Å². The van der Waals surface area contributed by atoms with Gasteiger partial charge in [-0.25, -0.2) is 18.2 Å². The topological polar surface area (TPSA) is 135 Å². The normalized spacial score (nSPS) is 19.7. The standard InChI is InChI=1S/C27H35N5O5S2/c1-17(2)37-27(34)31-19-5-3-18(4-6-19)26-28-15-24(38-26)23-10-7-20(13-25(23)39(35,36)22-8-9-22)30-21-14-29-32(16-21)11-12-33/h7,10,13-19,22,30,33H,3-6,8-9,11-12H2,1-2H3,(H,31,34). The molecule has 0 aliphatic heterocycles. The molecule has 2 aromatic heterocycles. The second-order valence-corrected chi connectivity index (χ2v) is 13.8. The fraction of sp³-hybridized carbons (Fsp3) is 0.519. The van der Waals surface area contributed by atoms with Gasteiger partial charge in [0.05, 0.1) is 51.2 Å². The van der Waals surface area contributed by atoms with Gasteiger partial charge in [-0.1, -0.05) is 6.07 Å². The molecule has 0 spiro atoms. The monoisotopic (exact) mass is 573 g/mol. The molecule has 3 aromatic rings. The second kappa shape index (κ2) is 11.6. The molecule has 0 atom stereocenters. The Kier molecular flexibility index (Phi) is 8.24. The number of rotatable bonds is 10. The molecule has 2 aliphatic rings. The van der Waals surface area contributed by atoms with Crippen molar-refractivity contribution in [2.45, 2.75) is 87.1 Å². The molecule has 3 N–H and O–H groups in total. The third kappa shape index (κ3) is 6.62. The average molecular weight is 574 g/mol. The Morgan fingerprint density at radius 3 is 2.62 bits per heavy atom. The summed E-state index contributed by atoms with van der Waals surface area (Å²) >= 11 is 1.55. The third-order valence-electron chi connectivity index (χ3n) is 7.03. The van der Waals surface area contributed by atoms with E-state index in [2.05, 4.69) is 15.7 Å². The van der Waals surface area contributed by atoms with Crippen LogP contribution in [-0.4, -0.2) is 58.4 Å². The molecular weight excluding hydrogens is 538 g/mol. The summed E-state index contributed by atoms with van der Waals surface area (Å²) in [6, 6.07) is 5.53. The van der Waals surface area contributed by atoms with Gasteiger partial charge in [-0.3, -0.25) is 4.68 Å². The minimum Gasteiger partial charge on any atom is -0.447 e. The molecule has 10 nitrogen and oxygen atoms in total. The van der Waals surface area contributed by atoms with Gasteiger partial charge < -0.3 is 20.5 Å². The Hall–Kier alpha value is -2.96. The molecule has 39 heavy (non-hydrogen) atoms. The van der Waals surface area contributed by atoms with Crippen LogP contribution in [0.4, 0.5) is 16.2 Å². The van der Waals surface area contributed by atoms with E-state index in [1.54, 1.807) is 40.7 Å². The first-order valence-electron chi connectivity index (χ1n) is 13.4. The maximum Gasteiger partial charge on any atom is 0.407 e. The molecule has 2 aliphatic carbocycles. The van der Waals surface area contributed by atoms with Crippen molar-refractivity contribution in [3.05, 3.63) is 41.8 Å². The molecule has 5 rings (SSSR count). The smallest absolute Gasteiger partial charge is 0.407 e. The van der Waals surface area contributed by atoms with Crippen LogP contribution in [0.5, 0.6) is 0 Å². The molecular formula is C27H35N5O5S2. The third-order valence-corrected chi connectivity index (χ3v) is 10.5. The summed E-state index contributed by atoms with van der Waals surface area (Å²) in [5, 5.41) is 20.2. The molecule has 2 fully saturated rings. The number of nitrogens with zero attached hydrogens (tertiary/aromatic N) is 3. The number of alkyl carbamates (subject to hydrolysis) is 1. The number of hydrogen-bond acceptors (Lipinski definition) is 9. The number of carbonyl (C=O) groups excluding carboxylic acids is 1. The van der Waals surface area contributed by atoms with Gasteiger partial charge in [0.15, 0.2) is 9.84 Å². The van der Waals surface area contributed by atoms with Crippen molar-refractivity contribution >= 4 is 38.6 Å². The average Bonchev–Trinajstić information content (AvgIpc) is 3.50. The molecule has 1 aromatic carbocycles. The van der Waals surface area contributed by atoms with Gasteiger partial charge >= 0.3 is 6.09 Å². The number of aliphatic hydroxyl groups excluding tert-OH is 1. The van der Waals surface area contributed by atoms with E-state index in [1.807, 2.05) is 26.0 Å². The van der Waals surface area contributed by atoms with Crippen molar-refractivity contribution in [3.8, 4) is 10.4 Å². The highest BCUT2D eigenvalue weighted by atomic mass is 32.2. The van der Waals surface area contributed by atoms with Gasteiger partial charge in [0.2, 0.25) is 0 Å². The summed E-state index contributed by atoms with van der Waals surface area (Å²) < 4.78 is 33.7. The molecule has 210 valence electrons. The van der Waals surface area contributed by atoms with E-state index in [1.165, 1.54) is 0 Å². The minimum atomic E-state index is -3.47. The SMILES string of the molecule is CC(C)OC(=O)NC1CCC(c2ncc(-c3ccc(Nc4cnn(CCO)c4)cc3S(=O)(=O)C3CC3)s2)CC1. The molecule has 0 bridgehead atoms. The molecule has 0 unspecified atom stereocenters. The first-order chi connectivity index (χ1) is 18.7. The predicted octanol–water partition coefficient (Wildman–Crippen LogP) is 4.84.